The van der Waals surface area contributed by atoms with Crippen LogP contribution in [0.4, 0.5) is 4.79 Å². The zero-order valence-electron chi connectivity index (χ0n) is 9.40. The van der Waals surface area contributed by atoms with Crippen LogP contribution in [0.5, 0.6) is 0 Å². The second kappa shape index (κ2) is 5.16. The minimum absolute atomic E-state index is 0.0217. The lowest BCUT2D eigenvalue weighted by molar-refractivity contribution is -0.140. The van der Waals surface area contributed by atoms with Crippen LogP contribution in [0.25, 0.3) is 0 Å². The van der Waals surface area contributed by atoms with E-state index < -0.39 is 11.5 Å². The Morgan fingerprint density at radius 2 is 2.06 bits per heavy atom. The van der Waals surface area contributed by atoms with Gasteiger partial charge in [-0.3, -0.25) is 0 Å². The molecular formula is C10H18N2O4. The van der Waals surface area contributed by atoms with E-state index in [0.29, 0.717) is 32.4 Å². The lowest BCUT2D eigenvalue weighted by Crippen LogP contribution is -2.49. The molecule has 1 aliphatic carbocycles. The molecule has 0 heterocycles. The lowest BCUT2D eigenvalue weighted by Gasteiger charge is -2.23. The smallest absolute Gasteiger partial charge is 0.329 e. The van der Waals surface area contributed by atoms with E-state index in [9.17, 15) is 9.59 Å². The highest BCUT2D eigenvalue weighted by Gasteiger charge is 2.52. The molecule has 0 aromatic rings. The molecule has 0 radical (unpaired) electrons. The molecule has 0 aromatic carbocycles. The summed E-state index contributed by atoms with van der Waals surface area (Å²) in [6, 6.07) is -0.365. The molecule has 1 rings (SSSR count). The quantitative estimate of drug-likeness (QED) is 0.600. The Hall–Kier alpha value is -1.30. The number of carbonyl (C=O) groups excluding carboxylic acids is 1. The van der Waals surface area contributed by atoms with Crippen LogP contribution in [0, 0.1) is 0 Å². The van der Waals surface area contributed by atoms with E-state index in [1.807, 2.05) is 6.92 Å². The Labute approximate surface area is 94.2 Å². The molecule has 16 heavy (non-hydrogen) atoms. The Kier molecular flexibility index (Phi) is 4.12. The third-order valence-corrected chi connectivity index (χ3v) is 2.76. The van der Waals surface area contributed by atoms with Gasteiger partial charge in [-0.25, -0.2) is 9.59 Å². The van der Waals surface area contributed by atoms with Gasteiger partial charge in [0.25, 0.3) is 0 Å². The fraction of sp³-hybridized carbons (Fsp3) is 0.800. The summed E-state index contributed by atoms with van der Waals surface area (Å²) in [7, 11) is 0. The van der Waals surface area contributed by atoms with E-state index in [0.717, 1.165) is 0 Å². The van der Waals surface area contributed by atoms with E-state index in [-0.39, 0.29) is 12.6 Å². The number of urea groups is 1. The first-order valence-electron chi connectivity index (χ1n) is 5.47. The number of carboxylic acid groups (broad SMARTS) is 1. The summed E-state index contributed by atoms with van der Waals surface area (Å²) in [4.78, 5) is 24.1. The molecule has 0 atom stereocenters. The third kappa shape index (κ3) is 2.85. The van der Waals surface area contributed by atoms with Crippen molar-refractivity contribution in [2.75, 3.05) is 19.7 Å². The number of aliphatic hydroxyl groups excluding tert-OH is 1. The Balaban J connectivity index is 2.46. The van der Waals surface area contributed by atoms with Crippen molar-refractivity contribution in [1.29, 1.82) is 0 Å². The number of carboxylic acids is 1. The maximum absolute atomic E-state index is 11.7. The van der Waals surface area contributed by atoms with Gasteiger partial charge in [0.2, 0.25) is 0 Å². The molecule has 0 unspecified atom stereocenters. The van der Waals surface area contributed by atoms with Crippen molar-refractivity contribution >= 4 is 12.0 Å². The second-order valence-corrected chi connectivity index (χ2v) is 3.97. The van der Waals surface area contributed by atoms with Gasteiger partial charge >= 0.3 is 12.0 Å². The highest BCUT2D eigenvalue weighted by Crippen LogP contribution is 2.35. The minimum Gasteiger partial charge on any atom is -0.480 e. The second-order valence-electron chi connectivity index (χ2n) is 3.97. The van der Waals surface area contributed by atoms with Crippen LogP contribution >= 0.6 is 0 Å². The van der Waals surface area contributed by atoms with E-state index in [4.69, 9.17) is 10.2 Å². The van der Waals surface area contributed by atoms with Crippen LogP contribution in [0.2, 0.25) is 0 Å². The van der Waals surface area contributed by atoms with Gasteiger partial charge in [-0.15, -0.1) is 0 Å². The Morgan fingerprint density at radius 1 is 1.44 bits per heavy atom. The Morgan fingerprint density at radius 3 is 2.44 bits per heavy atom. The molecule has 1 saturated carbocycles. The van der Waals surface area contributed by atoms with Gasteiger partial charge in [-0.2, -0.15) is 0 Å². The van der Waals surface area contributed by atoms with E-state index in [1.165, 1.54) is 4.90 Å². The van der Waals surface area contributed by atoms with Crippen LogP contribution in [0.3, 0.4) is 0 Å². The number of aliphatic carboxylic acids is 1. The van der Waals surface area contributed by atoms with Crippen molar-refractivity contribution in [3.63, 3.8) is 0 Å². The molecule has 0 aliphatic heterocycles. The van der Waals surface area contributed by atoms with E-state index in [1.54, 1.807) is 0 Å². The number of carbonyl (C=O) groups is 2. The minimum atomic E-state index is -1.04. The van der Waals surface area contributed by atoms with Gasteiger partial charge in [0, 0.05) is 19.7 Å². The zero-order valence-corrected chi connectivity index (χ0v) is 9.40. The molecule has 0 bridgehead atoms. The van der Waals surface area contributed by atoms with Crippen molar-refractivity contribution in [2.24, 2.45) is 0 Å². The summed E-state index contributed by atoms with van der Waals surface area (Å²) in [5, 5.41) is 20.1. The van der Waals surface area contributed by atoms with Crippen molar-refractivity contribution in [2.45, 2.75) is 31.7 Å². The lowest BCUT2D eigenvalue weighted by atomic mass is 10.3. The predicted octanol–water partition coefficient (Wildman–Crippen LogP) is 0.0175. The van der Waals surface area contributed by atoms with Crippen LogP contribution < -0.4 is 5.32 Å². The number of nitrogens with zero attached hydrogens (tertiary/aromatic N) is 1. The summed E-state index contributed by atoms with van der Waals surface area (Å²) < 4.78 is 0. The normalized spacial score (nSPS) is 16.6. The molecule has 2 amide bonds. The summed E-state index contributed by atoms with van der Waals surface area (Å²) in [6.45, 7) is 2.78. The largest absolute Gasteiger partial charge is 0.480 e. The third-order valence-electron chi connectivity index (χ3n) is 2.76. The van der Waals surface area contributed by atoms with Crippen molar-refractivity contribution < 1.29 is 19.8 Å². The molecule has 0 spiro atoms. The number of aliphatic hydroxyl groups is 1. The van der Waals surface area contributed by atoms with Crippen LogP contribution in [0.15, 0.2) is 0 Å². The average Bonchev–Trinajstić information content (AvgIpc) is 3.00. The van der Waals surface area contributed by atoms with E-state index >= 15 is 0 Å². The first kappa shape index (κ1) is 12.8. The van der Waals surface area contributed by atoms with E-state index in [2.05, 4.69) is 5.32 Å². The summed E-state index contributed by atoms with van der Waals surface area (Å²) >= 11 is 0. The zero-order chi connectivity index (χ0) is 12.2. The first-order valence-corrected chi connectivity index (χ1v) is 5.47. The summed E-state index contributed by atoms with van der Waals surface area (Å²) in [6.07, 6.45) is 1.48. The van der Waals surface area contributed by atoms with Crippen LogP contribution in [-0.4, -0.2) is 52.3 Å². The Bertz CT molecular complexity index is 276. The molecule has 6 heteroatoms. The van der Waals surface area contributed by atoms with Crippen LogP contribution in [0.1, 0.15) is 26.2 Å². The molecule has 6 nitrogen and oxygen atoms in total. The molecule has 92 valence electrons. The average molecular weight is 230 g/mol. The summed E-state index contributed by atoms with van der Waals surface area (Å²) in [5.41, 5.74) is -1.04. The molecule has 1 aliphatic rings. The fourth-order valence-electron chi connectivity index (χ4n) is 1.47. The van der Waals surface area contributed by atoms with Gasteiger partial charge < -0.3 is 20.4 Å². The molecular weight excluding hydrogens is 212 g/mol. The maximum atomic E-state index is 11.7. The molecule has 0 saturated heterocycles. The number of nitrogens with one attached hydrogen (secondary N) is 1. The van der Waals surface area contributed by atoms with Crippen LogP contribution in [-0.2, 0) is 4.79 Å². The molecule has 3 N–H and O–H groups in total. The summed E-state index contributed by atoms with van der Waals surface area (Å²) in [5.74, 6) is -0.973. The standard InChI is InChI=1S/C10H18N2O4/c1-2-12(6-3-7-13)9(16)11-10(4-5-10)8(14)15/h13H,2-7H2,1H3,(H,11,16)(H,14,15). The topological polar surface area (TPSA) is 89.9 Å². The highest BCUT2D eigenvalue weighted by atomic mass is 16.4. The van der Waals surface area contributed by atoms with Crippen molar-refractivity contribution in [3.05, 3.63) is 0 Å². The fourth-order valence-corrected chi connectivity index (χ4v) is 1.47. The van der Waals surface area contributed by atoms with Gasteiger partial charge in [0.15, 0.2) is 0 Å². The number of hydrogen-bond donors (Lipinski definition) is 3. The van der Waals surface area contributed by atoms with Gasteiger partial charge in [0.1, 0.15) is 5.54 Å². The number of hydrogen-bond acceptors (Lipinski definition) is 3. The maximum Gasteiger partial charge on any atom is 0.329 e. The number of rotatable bonds is 6. The first-order chi connectivity index (χ1) is 7.55. The SMILES string of the molecule is CCN(CCCO)C(=O)NC1(C(=O)O)CC1. The monoisotopic (exact) mass is 230 g/mol. The van der Waals surface area contributed by atoms with Gasteiger partial charge in [-0.1, -0.05) is 0 Å². The van der Waals surface area contributed by atoms with Crippen molar-refractivity contribution in [1.82, 2.24) is 10.2 Å². The molecule has 0 aromatic heterocycles. The molecule has 1 fully saturated rings. The highest BCUT2D eigenvalue weighted by molar-refractivity contribution is 5.88. The number of amides is 2. The van der Waals surface area contributed by atoms with Crippen molar-refractivity contribution in [3.8, 4) is 0 Å². The predicted molar refractivity (Wildman–Crippen MR) is 57.1 cm³/mol. The van der Waals surface area contributed by atoms with Gasteiger partial charge in [0.05, 0.1) is 0 Å². The van der Waals surface area contributed by atoms with Gasteiger partial charge in [-0.05, 0) is 26.2 Å².